The van der Waals surface area contributed by atoms with Gasteiger partial charge in [-0.2, -0.15) is 0 Å². The molecule has 0 bridgehead atoms. The minimum absolute atomic E-state index is 0.159. The van der Waals surface area contributed by atoms with E-state index in [1.807, 2.05) is 37.3 Å². The monoisotopic (exact) mass is 284 g/mol. The van der Waals surface area contributed by atoms with Gasteiger partial charge in [0.05, 0.1) is 19.1 Å². The number of fused-ring (bicyclic) bond motifs is 1. The minimum Gasteiger partial charge on any atom is -0.493 e. The summed E-state index contributed by atoms with van der Waals surface area (Å²) < 4.78 is 11.4. The van der Waals surface area contributed by atoms with E-state index in [0.29, 0.717) is 24.4 Å². The molecule has 0 fully saturated rings. The van der Waals surface area contributed by atoms with Gasteiger partial charge in [0.15, 0.2) is 0 Å². The Labute approximate surface area is 124 Å². The maximum absolute atomic E-state index is 9.43. The standard InChI is InChI=1S/C16H17BO4/c1-11-6-7-16(14(8-11)17(18)19)21-10-12-9-20-15-5-3-2-4-13(12)15/h2-8,12,18-19H,9-10H2,1H3. The van der Waals surface area contributed by atoms with Gasteiger partial charge in [0.1, 0.15) is 11.5 Å². The largest absolute Gasteiger partial charge is 0.493 e. The molecule has 0 aromatic heterocycles. The van der Waals surface area contributed by atoms with Crippen LogP contribution in [0.4, 0.5) is 0 Å². The molecule has 1 atom stereocenters. The van der Waals surface area contributed by atoms with Crippen LogP contribution in [0.2, 0.25) is 0 Å². The molecule has 1 heterocycles. The molecule has 0 amide bonds. The Morgan fingerprint density at radius 1 is 1.24 bits per heavy atom. The summed E-state index contributed by atoms with van der Waals surface area (Å²) in [5, 5.41) is 18.9. The van der Waals surface area contributed by atoms with Gasteiger partial charge in [0, 0.05) is 11.0 Å². The van der Waals surface area contributed by atoms with Gasteiger partial charge >= 0.3 is 7.12 Å². The third-order valence-electron chi connectivity index (χ3n) is 3.68. The minimum atomic E-state index is -1.54. The molecule has 4 nitrogen and oxygen atoms in total. The van der Waals surface area contributed by atoms with Gasteiger partial charge < -0.3 is 19.5 Å². The fourth-order valence-electron chi connectivity index (χ4n) is 2.56. The average Bonchev–Trinajstić information content (AvgIpc) is 2.89. The first kappa shape index (κ1) is 14.0. The highest BCUT2D eigenvalue weighted by molar-refractivity contribution is 6.59. The number of aryl methyl sites for hydroxylation is 1. The lowest BCUT2D eigenvalue weighted by Gasteiger charge is -2.15. The number of hydrogen-bond acceptors (Lipinski definition) is 4. The predicted octanol–water partition coefficient (Wildman–Crippen LogP) is 1.23. The van der Waals surface area contributed by atoms with Gasteiger partial charge in [0.2, 0.25) is 0 Å². The summed E-state index contributed by atoms with van der Waals surface area (Å²) in [7, 11) is -1.54. The highest BCUT2D eigenvalue weighted by Gasteiger charge is 2.25. The number of para-hydroxylation sites is 1. The van der Waals surface area contributed by atoms with Crippen LogP contribution in [0.1, 0.15) is 17.0 Å². The lowest BCUT2D eigenvalue weighted by molar-refractivity contribution is 0.249. The van der Waals surface area contributed by atoms with Crippen LogP contribution < -0.4 is 14.9 Å². The summed E-state index contributed by atoms with van der Waals surface area (Å²) in [5.74, 6) is 1.56. The summed E-state index contributed by atoms with van der Waals surface area (Å²) in [6, 6.07) is 13.3. The highest BCUT2D eigenvalue weighted by atomic mass is 16.5. The fourth-order valence-corrected chi connectivity index (χ4v) is 2.56. The summed E-state index contributed by atoms with van der Waals surface area (Å²) in [5.41, 5.74) is 2.48. The van der Waals surface area contributed by atoms with E-state index in [2.05, 4.69) is 0 Å². The van der Waals surface area contributed by atoms with Crippen molar-refractivity contribution in [2.24, 2.45) is 0 Å². The molecule has 1 aliphatic rings. The maximum Gasteiger partial charge on any atom is 0.492 e. The molecule has 5 heteroatoms. The van der Waals surface area contributed by atoms with E-state index in [0.717, 1.165) is 16.9 Å². The van der Waals surface area contributed by atoms with Crippen LogP contribution in [0.3, 0.4) is 0 Å². The van der Waals surface area contributed by atoms with Crippen LogP contribution >= 0.6 is 0 Å². The molecule has 0 spiro atoms. The zero-order valence-electron chi connectivity index (χ0n) is 11.8. The van der Waals surface area contributed by atoms with Gasteiger partial charge in [-0.25, -0.2) is 0 Å². The second-order valence-electron chi connectivity index (χ2n) is 5.27. The molecular formula is C16H17BO4. The van der Waals surface area contributed by atoms with Crippen LogP contribution in [-0.4, -0.2) is 30.4 Å². The lowest BCUT2D eigenvalue weighted by atomic mass is 9.79. The van der Waals surface area contributed by atoms with Crippen LogP contribution in [-0.2, 0) is 0 Å². The maximum atomic E-state index is 9.43. The topological polar surface area (TPSA) is 58.9 Å². The van der Waals surface area contributed by atoms with E-state index in [1.165, 1.54) is 0 Å². The molecule has 2 aromatic carbocycles. The van der Waals surface area contributed by atoms with Gasteiger partial charge in [-0.15, -0.1) is 0 Å². The van der Waals surface area contributed by atoms with Gasteiger partial charge in [0.25, 0.3) is 0 Å². The second kappa shape index (κ2) is 5.80. The van der Waals surface area contributed by atoms with Crippen molar-refractivity contribution < 1.29 is 19.5 Å². The Bertz CT molecular complexity index is 642. The smallest absolute Gasteiger partial charge is 0.492 e. The molecule has 108 valence electrons. The first-order valence-electron chi connectivity index (χ1n) is 6.96. The van der Waals surface area contributed by atoms with E-state index in [9.17, 15) is 10.0 Å². The van der Waals surface area contributed by atoms with Crippen molar-refractivity contribution in [3.05, 3.63) is 53.6 Å². The molecule has 2 aromatic rings. The number of benzene rings is 2. The van der Waals surface area contributed by atoms with Crippen molar-refractivity contribution in [1.82, 2.24) is 0 Å². The van der Waals surface area contributed by atoms with E-state index in [1.54, 1.807) is 12.1 Å². The molecular weight excluding hydrogens is 267 g/mol. The normalized spacial score (nSPS) is 16.2. The van der Waals surface area contributed by atoms with Crippen molar-refractivity contribution in [2.45, 2.75) is 12.8 Å². The fraction of sp³-hybridized carbons (Fsp3) is 0.250. The van der Waals surface area contributed by atoms with Crippen LogP contribution in [0.25, 0.3) is 0 Å². The molecule has 0 aliphatic carbocycles. The Morgan fingerprint density at radius 2 is 2.05 bits per heavy atom. The third-order valence-corrected chi connectivity index (χ3v) is 3.68. The Morgan fingerprint density at radius 3 is 2.86 bits per heavy atom. The van der Waals surface area contributed by atoms with Crippen molar-refractivity contribution in [3.63, 3.8) is 0 Å². The number of ether oxygens (including phenoxy) is 2. The zero-order valence-corrected chi connectivity index (χ0v) is 11.8. The molecule has 1 aliphatic heterocycles. The Balaban J connectivity index is 1.75. The third kappa shape index (κ3) is 2.89. The lowest BCUT2D eigenvalue weighted by Crippen LogP contribution is -2.32. The van der Waals surface area contributed by atoms with Gasteiger partial charge in [-0.05, 0) is 19.1 Å². The molecule has 1 unspecified atom stereocenters. The van der Waals surface area contributed by atoms with Gasteiger partial charge in [-0.3, -0.25) is 0 Å². The van der Waals surface area contributed by atoms with Crippen molar-refractivity contribution >= 4 is 12.6 Å². The molecule has 3 rings (SSSR count). The summed E-state index contributed by atoms with van der Waals surface area (Å²) >= 11 is 0. The van der Waals surface area contributed by atoms with Crippen molar-refractivity contribution in [3.8, 4) is 11.5 Å². The summed E-state index contributed by atoms with van der Waals surface area (Å²) in [4.78, 5) is 0. The van der Waals surface area contributed by atoms with E-state index < -0.39 is 7.12 Å². The molecule has 0 saturated heterocycles. The Hall–Kier alpha value is -1.98. The van der Waals surface area contributed by atoms with Crippen molar-refractivity contribution in [1.29, 1.82) is 0 Å². The van der Waals surface area contributed by atoms with Crippen molar-refractivity contribution in [2.75, 3.05) is 13.2 Å². The summed E-state index contributed by atoms with van der Waals surface area (Å²) in [6.07, 6.45) is 0. The molecule has 0 radical (unpaired) electrons. The van der Waals surface area contributed by atoms with Crippen LogP contribution in [0.5, 0.6) is 11.5 Å². The second-order valence-corrected chi connectivity index (χ2v) is 5.27. The van der Waals surface area contributed by atoms with Crippen LogP contribution in [0.15, 0.2) is 42.5 Å². The molecule has 2 N–H and O–H groups in total. The zero-order chi connectivity index (χ0) is 14.8. The van der Waals surface area contributed by atoms with E-state index in [4.69, 9.17) is 9.47 Å². The quantitative estimate of drug-likeness (QED) is 0.829. The van der Waals surface area contributed by atoms with Crippen LogP contribution in [0, 0.1) is 6.92 Å². The summed E-state index contributed by atoms with van der Waals surface area (Å²) in [6.45, 7) is 2.93. The highest BCUT2D eigenvalue weighted by Crippen LogP contribution is 2.33. The predicted molar refractivity (Wildman–Crippen MR) is 81.2 cm³/mol. The number of hydrogen-bond donors (Lipinski definition) is 2. The van der Waals surface area contributed by atoms with E-state index in [-0.39, 0.29) is 5.92 Å². The SMILES string of the molecule is Cc1ccc(OCC2COc3ccccc32)c(B(O)O)c1. The average molecular weight is 284 g/mol. The van der Waals surface area contributed by atoms with E-state index >= 15 is 0 Å². The Kier molecular flexibility index (Phi) is 3.86. The first-order valence-corrected chi connectivity index (χ1v) is 6.96. The first-order chi connectivity index (χ1) is 10.1. The van der Waals surface area contributed by atoms with Gasteiger partial charge in [-0.1, -0.05) is 35.9 Å². The molecule has 0 saturated carbocycles. The molecule has 21 heavy (non-hydrogen) atoms. The number of rotatable bonds is 4.